The Morgan fingerprint density at radius 3 is 2.31 bits per heavy atom. The summed E-state index contributed by atoms with van der Waals surface area (Å²) in [4.78, 5) is 2.65. The average molecular weight is 226 g/mol. The first kappa shape index (κ1) is 12.3. The maximum atomic E-state index is 5.81. The van der Waals surface area contributed by atoms with Crippen LogP contribution in [0.3, 0.4) is 0 Å². The third kappa shape index (κ3) is 2.76. The summed E-state index contributed by atoms with van der Waals surface area (Å²) in [5, 5.41) is 3.50. The number of hydrogen-bond acceptors (Lipinski definition) is 3. The van der Waals surface area contributed by atoms with Crippen LogP contribution in [0, 0.1) is 0 Å². The van der Waals surface area contributed by atoms with E-state index >= 15 is 0 Å². The van der Waals surface area contributed by atoms with E-state index in [1.807, 2.05) is 0 Å². The van der Waals surface area contributed by atoms with E-state index in [0.717, 1.165) is 19.1 Å². The van der Waals surface area contributed by atoms with Crippen molar-refractivity contribution in [2.45, 2.75) is 63.8 Å². The number of likely N-dealkylation sites (N-methyl/N-ethyl adjacent to an activating group) is 1. The van der Waals surface area contributed by atoms with Crippen molar-refractivity contribution in [1.82, 2.24) is 10.2 Å². The van der Waals surface area contributed by atoms with Crippen molar-refractivity contribution in [1.29, 1.82) is 0 Å². The van der Waals surface area contributed by atoms with E-state index in [4.69, 9.17) is 4.74 Å². The monoisotopic (exact) mass is 226 g/mol. The summed E-state index contributed by atoms with van der Waals surface area (Å²) in [6, 6.07) is 1.42. The Hall–Kier alpha value is -0.120. The van der Waals surface area contributed by atoms with Gasteiger partial charge in [-0.05, 0) is 33.7 Å². The van der Waals surface area contributed by atoms with Gasteiger partial charge in [0, 0.05) is 25.2 Å². The lowest BCUT2D eigenvalue weighted by Gasteiger charge is -2.45. The van der Waals surface area contributed by atoms with Crippen molar-refractivity contribution in [2.24, 2.45) is 0 Å². The molecule has 2 aliphatic rings. The zero-order chi connectivity index (χ0) is 11.5. The Kier molecular flexibility index (Phi) is 4.22. The molecule has 3 nitrogen and oxygen atoms in total. The van der Waals surface area contributed by atoms with Crippen LogP contribution in [-0.2, 0) is 4.74 Å². The molecule has 3 heteroatoms. The topological polar surface area (TPSA) is 24.5 Å². The van der Waals surface area contributed by atoms with Gasteiger partial charge < -0.3 is 10.1 Å². The van der Waals surface area contributed by atoms with Crippen LogP contribution in [-0.4, -0.2) is 49.3 Å². The van der Waals surface area contributed by atoms with Crippen molar-refractivity contribution in [3.05, 3.63) is 0 Å². The second-order valence-electron chi connectivity index (χ2n) is 5.46. The summed E-state index contributed by atoms with van der Waals surface area (Å²) in [6.45, 7) is 6.60. The van der Waals surface area contributed by atoms with Crippen LogP contribution in [0.4, 0.5) is 0 Å². The number of nitrogens with one attached hydrogen (secondary N) is 1. The molecule has 0 bridgehead atoms. The van der Waals surface area contributed by atoms with E-state index in [1.54, 1.807) is 0 Å². The quantitative estimate of drug-likeness (QED) is 0.774. The van der Waals surface area contributed by atoms with Crippen LogP contribution in [0.25, 0.3) is 0 Å². The molecule has 1 aliphatic heterocycles. The minimum Gasteiger partial charge on any atom is -0.373 e. The lowest BCUT2D eigenvalue weighted by molar-refractivity contribution is -0.0875. The molecule has 0 spiro atoms. The molecular weight excluding hydrogens is 200 g/mol. The number of nitrogens with zero attached hydrogens (tertiary/aromatic N) is 1. The molecule has 1 saturated heterocycles. The highest BCUT2D eigenvalue weighted by Gasteiger charge is 2.33. The Bertz CT molecular complexity index is 212. The lowest BCUT2D eigenvalue weighted by Crippen LogP contribution is -2.57. The number of morpholine rings is 1. The minimum atomic E-state index is 0.392. The molecule has 4 unspecified atom stereocenters. The molecule has 0 aromatic heterocycles. The van der Waals surface area contributed by atoms with Crippen LogP contribution < -0.4 is 5.32 Å². The van der Waals surface area contributed by atoms with Gasteiger partial charge in [-0.15, -0.1) is 0 Å². The van der Waals surface area contributed by atoms with E-state index in [-0.39, 0.29) is 0 Å². The third-order valence-electron chi connectivity index (χ3n) is 4.02. The smallest absolute Gasteiger partial charge is 0.0678 e. The second kappa shape index (κ2) is 5.48. The molecule has 0 radical (unpaired) electrons. The zero-order valence-corrected chi connectivity index (χ0v) is 10.9. The van der Waals surface area contributed by atoms with Crippen LogP contribution in [0.2, 0.25) is 0 Å². The molecule has 2 rings (SSSR count). The van der Waals surface area contributed by atoms with E-state index in [1.165, 1.54) is 25.7 Å². The van der Waals surface area contributed by atoms with E-state index in [9.17, 15) is 0 Å². The van der Waals surface area contributed by atoms with Crippen LogP contribution in [0.15, 0.2) is 0 Å². The van der Waals surface area contributed by atoms with Crippen molar-refractivity contribution in [3.63, 3.8) is 0 Å². The van der Waals surface area contributed by atoms with Gasteiger partial charge in [0.1, 0.15) is 0 Å². The van der Waals surface area contributed by atoms with E-state index < -0.39 is 0 Å². The van der Waals surface area contributed by atoms with Crippen LogP contribution in [0.5, 0.6) is 0 Å². The van der Waals surface area contributed by atoms with Gasteiger partial charge in [-0.3, -0.25) is 4.90 Å². The Morgan fingerprint density at radius 2 is 1.69 bits per heavy atom. The number of hydrogen-bond donors (Lipinski definition) is 1. The lowest BCUT2D eigenvalue weighted by atomic mass is 9.88. The summed E-state index contributed by atoms with van der Waals surface area (Å²) < 4.78 is 5.81. The second-order valence-corrected chi connectivity index (χ2v) is 5.46. The standard InChI is InChI=1S/C13H26N2O/c1-10-8-15(9-11(2)16-10)13-7-5-4-6-12(13)14-3/h10-14H,4-9H2,1-3H3. The Labute approximate surface area is 99.5 Å². The molecule has 1 heterocycles. The highest BCUT2D eigenvalue weighted by molar-refractivity contribution is 4.90. The first-order valence-electron chi connectivity index (χ1n) is 6.77. The fourth-order valence-electron chi connectivity index (χ4n) is 3.37. The third-order valence-corrected chi connectivity index (χ3v) is 4.02. The number of ether oxygens (including phenoxy) is 1. The van der Waals surface area contributed by atoms with E-state index in [2.05, 4.69) is 31.1 Å². The van der Waals surface area contributed by atoms with E-state index in [0.29, 0.717) is 18.2 Å². The average Bonchev–Trinajstić information content (AvgIpc) is 2.27. The normalized spacial score (nSPS) is 42.2. The van der Waals surface area contributed by atoms with Crippen LogP contribution >= 0.6 is 0 Å². The molecule has 0 aromatic rings. The minimum absolute atomic E-state index is 0.392. The van der Waals surface area contributed by atoms with Crippen molar-refractivity contribution in [2.75, 3.05) is 20.1 Å². The molecule has 1 saturated carbocycles. The summed E-state index contributed by atoms with van der Waals surface area (Å²) in [7, 11) is 2.11. The maximum Gasteiger partial charge on any atom is 0.0678 e. The van der Waals surface area contributed by atoms with Gasteiger partial charge >= 0.3 is 0 Å². The van der Waals surface area contributed by atoms with Gasteiger partial charge in [0.15, 0.2) is 0 Å². The molecule has 2 fully saturated rings. The molecule has 1 N–H and O–H groups in total. The maximum absolute atomic E-state index is 5.81. The largest absolute Gasteiger partial charge is 0.373 e. The number of rotatable bonds is 2. The van der Waals surface area contributed by atoms with Gasteiger partial charge in [-0.25, -0.2) is 0 Å². The molecule has 16 heavy (non-hydrogen) atoms. The van der Waals surface area contributed by atoms with Crippen molar-refractivity contribution in [3.8, 4) is 0 Å². The Morgan fingerprint density at radius 1 is 1.06 bits per heavy atom. The van der Waals surface area contributed by atoms with Crippen molar-refractivity contribution >= 4 is 0 Å². The summed E-state index contributed by atoms with van der Waals surface area (Å²) in [5.41, 5.74) is 0. The zero-order valence-electron chi connectivity index (χ0n) is 10.9. The fourth-order valence-corrected chi connectivity index (χ4v) is 3.37. The predicted octanol–water partition coefficient (Wildman–Crippen LogP) is 1.63. The summed E-state index contributed by atoms with van der Waals surface area (Å²) in [5.74, 6) is 0. The highest BCUT2D eigenvalue weighted by Crippen LogP contribution is 2.25. The molecular formula is C13H26N2O. The van der Waals surface area contributed by atoms with Gasteiger partial charge in [-0.2, -0.15) is 0 Å². The highest BCUT2D eigenvalue weighted by atomic mass is 16.5. The Balaban J connectivity index is 1.98. The molecule has 4 atom stereocenters. The summed E-state index contributed by atoms with van der Waals surface area (Å²) in [6.07, 6.45) is 6.25. The van der Waals surface area contributed by atoms with Gasteiger partial charge in [-0.1, -0.05) is 12.8 Å². The first-order valence-corrected chi connectivity index (χ1v) is 6.77. The van der Waals surface area contributed by atoms with Gasteiger partial charge in [0.2, 0.25) is 0 Å². The SMILES string of the molecule is CNC1CCCCC1N1CC(C)OC(C)C1. The predicted molar refractivity (Wildman–Crippen MR) is 66.7 cm³/mol. The van der Waals surface area contributed by atoms with Crippen molar-refractivity contribution < 1.29 is 4.74 Å². The van der Waals surface area contributed by atoms with Crippen LogP contribution in [0.1, 0.15) is 39.5 Å². The van der Waals surface area contributed by atoms with Gasteiger partial charge in [0.05, 0.1) is 12.2 Å². The van der Waals surface area contributed by atoms with Gasteiger partial charge in [0.25, 0.3) is 0 Å². The molecule has 0 amide bonds. The fraction of sp³-hybridized carbons (Fsp3) is 1.00. The molecule has 0 aromatic carbocycles. The molecule has 1 aliphatic carbocycles. The summed E-state index contributed by atoms with van der Waals surface area (Å²) >= 11 is 0. The first-order chi connectivity index (χ1) is 7.70. The molecule has 94 valence electrons.